The van der Waals surface area contributed by atoms with Gasteiger partial charge in [-0.2, -0.15) is 18.2 Å². The molecule has 38 heavy (non-hydrogen) atoms. The molecule has 3 aromatic rings. The minimum absolute atomic E-state index is 0.0388. The van der Waals surface area contributed by atoms with Crippen LogP contribution in [0.2, 0.25) is 0 Å². The largest absolute Gasteiger partial charge is 0.490 e. The third-order valence-corrected chi connectivity index (χ3v) is 5.06. The van der Waals surface area contributed by atoms with E-state index in [2.05, 4.69) is 58.8 Å². The summed E-state index contributed by atoms with van der Waals surface area (Å²) in [5.74, 6) is -1.32. The predicted octanol–water partition coefficient (Wildman–Crippen LogP) is 5.61. The minimum atomic E-state index is -5.08. The van der Waals surface area contributed by atoms with Crippen molar-refractivity contribution in [3.8, 4) is 0 Å². The number of alkyl halides is 3. The monoisotopic (exact) mass is 531 g/mol. The van der Waals surface area contributed by atoms with Gasteiger partial charge in [-0.3, -0.25) is 4.79 Å². The van der Waals surface area contributed by atoms with Crippen LogP contribution in [0.1, 0.15) is 37.1 Å². The molecule has 204 valence electrons. The molecule has 1 amide bonds. The average Bonchev–Trinajstić information content (AvgIpc) is 2.83. The van der Waals surface area contributed by atoms with Crippen LogP contribution in [0.4, 0.5) is 30.6 Å². The number of aliphatic carboxylic acids is 1. The summed E-state index contributed by atoms with van der Waals surface area (Å²) >= 11 is 0. The molecule has 0 unspecified atom stereocenters. The van der Waals surface area contributed by atoms with Gasteiger partial charge in [-0.1, -0.05) is 61.9 Å². The van der Waals surface area contributed by atoms with Crippen molar-refractivity contribution in [3.63, 3.8) is 0 Å². The number of aryl methyl sites for hydroxylation is 2. The fourth-order valence-electron chi connectivity index (χ4n) is 3.25. The molecule has 0 saturated carbocycles. The van der Waals surface area contributed by atoms with Gasteiger partial charge in [0, 0.05) is 24.0 Å². The second-order valence-electron chi connectivity index (χ2n) is 9.04. The number of carboxylic acids is 1. The van der Waals surface area contributed by atoms with E-state index in [1.54, 1.807) is 0 Å². The van der Waals surface area contributed by atoms with E-state index < -0.39 is 12.1 Å². The Morgan fingerprint density at radius 1 is 0.974 bits per heavy atom. The number of halogens is 3. The predicted molar refractivity (Wildman–Crippen MR) is 140 cm³/mol. The van der Waals surface area contributed by atoms with Crippen molar-refractivity contribution in [3.05, 3.63) is 77.5 Å². The van der Waals surface area contributed by atoms with E-state index in [1.807, 2.05) is 55.5 Å². The molecule has 0 aliphatic carbocycles. The van der Waals surface area contributed by atoms with Gasteiger partial charge in [0.05, 0.1) is 0 Å². The van der Waals surface area contributed by atoms with Crippen LogP contribution in [-0.4, -0.2) is 39.2 Å². The summed E-state index contributed by atoms with van der Waals surface area (Å²) in [7, 11) is 0. The Hall–Kier alpha value is -4.15. The second-order valence-corrected chi connectivity index (χ2v) is 9.04. The number of hydrogen-bond donors (Lipinski definition) is 4. The highest BCUT2D eigenvalue weighted by atomic mass is 19.4. The Labute approximate surface area is 219 Å². The van der Waals surface area contributed by atoms with Crippen LogP contribution in [0.5, 0.6) is 0 Å². The van der Waals surface area contributed by atoms with Crippen molar-refractivity contribution in [2.75, 3.05) is 10.6 Å². The molecule has 1 atom stereocenters. The molecule has 2 aromatic carbocycles. The summed E-state index contributed by atoms with van der Waals surface area (Å²) in [6.07, 6.45) is -4.38. The SMILES string of the molecule is Cc1ccc(CNC(=O)[C@H](CC(C)C)Nc2cc(C)nc(Nc3ccccc3)n2)cc1.O=C(O)C(F)(F)F. The molecule has 4 N–H and O–H groups in total. The van der Waals surface area contributed by atoms with Gasteiger partial charge in [0.1, 0.15) is 11.9 Å². The number of carboxylic acid groups (broad SMARTS) is 1. The Balaban J connectivity index is 0.000000638. The lowest BCUT2D eigenvalue weighted by Crippen LogP contribution is -2.40. The number of nitrogens with one attached hydrogen (secondary N) is 3. The summed E-state index contributed by atoms with van der Waals surface area (Å²) in [5, 5.41) is 16.7. The first-order chi connectivity index (χ1) is 17.8. The first kappa shape index (κ1) is 30.1. The second kappa shape index (κ2) is 14.0. The maximum atomic E-state index is 13.0. The maximum Gasteiger partial charge on any atom is 0.490 e. The van der Waals surface area contributed by atoms with E-state index >= 15 is 0 Å². The highest BCUT2D eigenvalue weighted by Crippen LogP contribution is 2.18. The lowest BCUT2D eigenvalue weighted by Gasteiger charge is -2.21. The highest BCUT2D eigenvalue weighted by Gasteiger charge is 2.38. The van der Waals surface area contributed by atoms with Gasteiger partial charge >= 0.3 is 12.1 Å². The zero-order chi connectivity index (χ0) is 28.3. The summed E-state index contributed by atoms with van der Waals surface area (Å²) in [6, 6.07) is 19.4. The topological polar surface area (TPSA) is 116 Å². The van der Waals surface area contributed by atoms with Crippen molar-refractivity contribution in [1.29, 1.82) is 0 Å². The van der Waals surface area contributed by atoms with Crippen LogP contribution in [0.25, 0.3) is 0 Å². The molecule has 0 aliphatic heterocycles. The molecule has 1 aromatic heterocycles. The molecule has 0 bridgehead atoms. The van der Waals surface area contributed by atoms with Gasteiger partial charge in [0.2, 0.25) is 11.9 Å². The summed E-state index contributed by atoms with van der Waals surface area (Å²) in [6.45, 7) is 8.68. The van der Waals surface area contributed by atoms with Gasteiger partial charge in [-0.25, -0.2) is 9.78 Å². The van der Waals surface area contributed by atoms with E-state index in [-0.39, 0.29) is 11.9 Å². The molecule has 8 nitrogen and oxygen atoms in total. The highest BCUT2D eigenvalue weighted by molar-refractivity contribution is 5.84. The number of anilines is 3. The van der Waals surface area contributed by atoms with Crippen LogP contribution in [-0.2, 0) is 16.1 Å². The van der Waals surface area contributed by atoms with Gasteiger partial charge in [0.25, 0.3) is 0 Å². The molecule has 0 aliphatic rings. The van der Waals surface area contributed by atoms with Crippen LogP contribution < -0.4 is 16.0 Å². The Morgan fingerprint density at radius 2 is 1.58 bits per heavy atom. The molecule has 0 radical (unpaired) electrons. The minimum Gasteiger partial charge on any atom is -0.475 e. The van der Waals surface area contributed by atoms with Crippen molar-refractivity contribution < 1.29 is 27.9 Å². The van der Waals surface area contributed by atoms with Crippen molar-refractivity contribution in [2.45, 2.75) is 52.9 Å². The number of rotatable bonds is 9. The number of aromatic nitrogens is 2. The number of hydrogen-bond acceptors (Lipinski definition) is 6. The first-order valence-corrected chi connectivity index (χ1v) is 11.9. The van der Waals surface area contributed by atoms with Crippen molar-refractivity contribution in [1.82, 2.24) is 15.3 Å². The fourth-order valence-corrected chi connectivity index (χ4v) is 3.25. The Morgan fingerprint density at radius 3 is 2.13 bits per heavy atom. The molecule has 3 rings (SSSR count). The molecule has 0 spiro atoms. The van der Waals surface area contributed by atoms with Gasteiger partial charge in [-0.05, 0) is 43.9 Å². The normalized spacial score (nSPS) is 11.7. The average molecular weight is 532 g/mol. The molecular formula is C27H32F3N5O3. The van der Waals surface area contributed by atoms with Crippen LogP contribution in [0.15, 0.2) is 60.7 Å². The number of para-hydroxylation sites is 1. The van der Waals surface area contributed by atoms with Crippen LogP contribution in [0, 0.1) is 19.8 Å². The van der Waals surface area contributed by atoms with Gasteiger partial charge < -0.3 is 21.1 Å². The van der Waals surface area contributed by atoms with Crippen molar-refractivity contribution in [2.24, 2.45) is 5.92 Å². The summed E-state index contributed by atoms with van der Waals surface area (Å²) in [4.78, 5) is 30.9. The quantitative estimate of drug-likeness (QED) is 0.283. The zero-order valence-electron chi connectivity index (χ0n) is 21.6. The van der Waals surface area contributed by atoms with Gasteiger partial charge in [0.15, 0.2) is 0 Å². The summed E-state index contributed by atoms with van der Waals surface area (Å²) in [5.41, 5.74) is 4.01. The van der Waals surface area contributed by atoms with Crippen LogP contribution >= 0.6 is 0 Å². The third-order valence-electron chi connectivity index (χ3n) is 5.06. The van der Waals surface area contributed by atoms with Gasteiger partial charge in [-0.15, -0.1) is 0 Å². The lowest BCUT2D eigenvalue weighted by molar-refractivity contribution is -0.192. The standard InChI is InChI=1S/C25H31N5O.C2HF3O2/c1-17(2)14-22(24(31)26-16-20-12-10-18(3)11-13-20)29-23-15-19(4)27-25(30-23)28-21-8-6-5-7-9-21;3-2(4,5)1(6)7/h5-13,15,17,22H,14,16H2,1-4H3,(H,26,31)(H2,27,28,29,30);(H,6,7)/t22-;/m0./s1. The Bertz CT molecular complexity index is 1190. The molecular weight excluding hydrogens is 499 g/mol. The van der Waals surface area contributed by atoms with Crippen LogP contribution in [0.3, 0.4) is 0 Å². The lowest BCUT2D eigenvalue weighted by atomic mass is 10.0. The number of carbonyl (C=O) groups excluding carboxylic acids is 1. The third kappa shape index (κ3) is 10.9. The molecule has 0 fully saturated rings. The summed E-state index contributed by atoms with van der Waals surface area (Å²) < 4.78 is 31.7. The number of nitrogens with zero attached hydrogens (tertiary/aromatic N) is 2. The van der Waals surface area contributed by atoms with E-state index in [4.69, 9.17) is 9.90 Å². The van der Waals surface area contributed by atoms with E-state index in [1.165, 1.54) is 5.56 Å². The number of amides is 1. The smallest absolute Gasteiger partial charge is 0.475 e. The van der Waals surface area contributed by atoms with E-state index in [0.717, 1.165) is 16.9 Å². The number of carbonyl (C=O) groups is 2. The fraction of sp³-hybridized carbons (Fsp3) is 0.333. The van der Waals surface area contributed by atoms with Crippen molar-refractivity contribution >= 4 is 29.3 Å². The first-order valence-electron chi connectivity index (χ1n) is 11.9. The maximum absolute atomic E-state index is 13.0. The molecule has 1 heterocycles. The Kier molecular flexibility index (Phi) is 11.1. The van der Waals surface area contributed by atoms with E-state index in [0.29, 0.717) is 30.6 Å². The van der Waals surface area contributed by atoms with E-state index in [9.17, 15) is 18.0 Å². The molecule has 0 saturated heterocycles. The molecule has 11 heteroatoms. The number of benzene rings is 2. The zero-order valence-corrected chi connectivity index (χ0v) is 21.6.